The van der Waals surface area contributed by atoms with Gasteiger partial charge in [-0.15, -0.1) is 0 Å². The van der Waals surface area contributed by atoms with E-state index in [2.05, 4.69) is 15.2 Å². The van der Waals surface area contributed by atoms with Gasteiger partial charge in [0.1, 0.15) is 17.7 Å². The van der Waals surface area contributed by atoms with Gasteiger partial charge in [-0.1, -0.05) is 12.1 Å². The van der Waals surface area contributed by atoms with Crippen LogP contribution in [0.4, 0.5) is 0 Å². The van der Waals surface area contributed by atoms with Crippen molar-refractivity contribution in [1.29, 1.82) is 0 Å². The molecule has 33 heavy (non-hydrogen) atoms. The number of allylic oxidation sites excluding steroid dienone is 1. The van der Waals surface area contributed by atoms with Crippen molar-refractivity contribution in [2.75, 3.05) is 13.1 Å². The number of nitrogens with one attached hydrogen (secondary N) is 1. The molecule has 0 radical (unpaired) electrons. The molecule has 1 aromatic heterocycles. The number of pyridine rings is 1. The second kappa shape index (κ2) is 10.5. The van der Waals surface area contributed by atoms with Gasteiger partial charge in [0.2, 0.25) is 5.88 Å². The number of hydrogen-bond acceptors (Lipinski definition) is 8. The largest absolute Gasteiger partial charge is 0.507 e. The predicted octanol–water partition coefficient (Wildman–Crippen LogP) is 2.36. The molecule has 1 aliphatic carbocycles. The van der Waals surface area contributed by atoms with Crippen LogP contribution in [0, 0.1) is 0 Å². The Hall–Kier alpha value is -3.39. The molecule has 2 aromatic rings. The summed E-state index contributed by atoms with van der Waals surface area (Å²) in [6, 6.07) is 11.2. The van der Waals surface area contributed by atoms with Gasteiger partial charge in [0.05, 0.1) is 5.70 Å². The van der Waals surface area contributed by atoms with Crippen LogP contribution in [0.25, 0.3) is 5.70 Å². The molecule has 4 rings (SSSR count). The molecule has 2 fully saturated rings. The third kappa shape index (κ3) is 5.90. The highest BCUT2D eigenvalue weighted by molar-refractivity contribution is 5.69. The number of nitrogens with zero attached hydrogens (tertiary/aromatic N) is 2. The van der Waals surface area contributed by atoms with Crippen LogP contribution in [0.1, 0.15) is 43.2 Å². The van der Waals surface area contributed by atoms with Crippen LogP contribution in [0.15, 0.2) is 60.2 Å². The molecule has 1 saturated carbocycles. The lowest BCUT2D eigenvalue weighted by molar-refractivity contribution is 0.114. The lowest BCUT2D eigenvalue weighted by Crippen LogP contribution is -2.38. The zero-order valence-corrected chi connectivity index (χ0v) is 18.9. The van der Waals surface area contributed by atoms with Gasteiger partial charge < -0.3 is 37.3 Å². The Bertz CT molecular complexity index is 1010. The number of rotatable bonds is 9. The Morgan fingerprint density at radius 2 is 1.97 bits per heavy atom. The maximum absolute atomic E-state index is 10.2. The highest BCUT2D eigenvalue weighted by Crippen LogP contribution is 2.27. The Morgan fingerprint density at radius 3 is 2.64 bits per heavy atom. The van der Waals surface area contributed by atoms with E-state index in [9.17, 15) is 5.11 Å². The molecule has 1 aliphatic heterocycles. The van der Waals surface area contributed by atoms with Gasteiger partial charge in [-0.3, -0.25) is 0 Å². The van der Waals surface area contributed by atoms with Crippen molar-refractivity contribution >= 4 is 5.70 Å². The standard InChI is InChI=1S/C25H34N6O2/c26-21(20-8-1-2-9-23(20)32)14-22(25(27)28)31(16-18-5-4-11-29-18)15-17-10-12-30-24(13-17)33-19-6-3-7-19/h1-2,8-10,12-14,18-19,29,32H,3-7,11,15-16,26-28H2/b21-14-. The van der Waals surface area contributed by atoms with E-state index in [1.165, 1.54) is 6.42 Å². The summed E-state index contributed by atoms with van der Waals surface area (Å²) in [5.74, 6) is 0.926. The molecule has 1 aromatic carbocycles. The van der Waals surface area contributed by atoms with E-state index in [0.717, 1.165) is 44.3 Å². The first kappa shape index (κ1) is 22.8. The predicted molar refractivity (Wildman–Crippen MR) is 130 cm³/mol. The molecule has 2 heterocycles. The number of benzene rings is 1. The molecule has 8 heteroatoms. The second-order valence-corrected chi connectivity index (χ2v) is 8.80. The number of aromatic hydroxyl groups is 1. The summed E-state index contributed by atoms with van der Waals surface area (Å²) in [5, 5.41) is 13.8. The summed E-state index contributed by atoms with van der Waals surface area (Å²) in [6.45, 7) is 2.29. The normalized spacial score (nSPS) is 18.5. The van der Waals surface area contributed by atoms with Gasteiger partial charge in [0.15, 0.2) is 0 Å². The summed E-state index contributed by atoms with van der Waals surface area (Å²) in [7, 11) is 0. The number of ether oxygens (including phenoxy) is 1. The van der Waals surface area contributed by atoms with E-state index in [4.69, 9.17) is 21.9 Å². The topological polar surface area (TPSA) is 136 Å². The SMILES string of the molecule is NC(N)=C(/C=C(\N)c1ccccc1O)N(Cc1ccnc(OC2CCC2)c1)CC1CCCN1. The maximum Gasteiger partial charge on any atom is 0.213 e. The number of aromatic nitrogens is 1. The van der Waals surface area contributed by atoms with E-state index in [1.54, 1.807) is 30.5 Å². The quantitative estimate of drug-likeness (QED) is 0.367. The number of nitrogens with two attached hydrogens (primary N) is 3. The molecule has 2 aliphatic rings. The van der Waals surface area contributed by atoms with Crippen LogP contribution in [-0.4, -0.2) is 40.2 Å². The van der Waals surface area contributed by atoms with Crippen molar-refractivity contribution in [3.05, 3.63) is 71.3 Å². The van der Waals surface area contributed by atoms with Crippen LogP contribution in [0.5, 0.6) is 11.6 Å². The fourth-order valence-electron chi connectivity index (χ4n) is 4.22. The first-order valence-corrected chi connectivity index (χ1v) is 11.6. The molecule has 0 bridgehead atoms. The lowest BCUT2D eigenvalue weighted by atomic mass is 9.96. The molecule has 1 atom stereocenters. The third-order valence-corrected chi connectivity index (χ3v) is 6.26. The number of phenolic OH excluding ortho intramolecular Hbond substituents is 1. The summed E-state index contributed by atoms with van der Waals surface area (Å²) in [5.41, 5.74) is 21.3. The van der Waals surface area contributed by atoms with Crippen molar-refractivity contribution in [2.24, 2.45) is 17.2 Å². The average molecular weight is 451 g/mol. The van der Waals surface area contributed by atoms with Crippen LogP contribution in [0.2, 0.25) is 0 Å². The molecule has 1 unspecified atom stereocenters. The number of para-hydroxylation sites is 1. The van der Waals surface area contributed by atoms with E-state index >= 15 is 0 Å². The molecular formula is C25H34N6O2. The van der Waals surface area contributed by atoms with Crippen molar-refractivity contribution in [3.8, 4) is 11.6 Å². The van der Waals surface area contributed by atoms with Gasteiger partial charge in [0.25, 0.3) is 0 Å². The number of hydrogen-bond donors (Lipinski definition) is 5. The smallest absolute Gasteiger partial charge is 0.213 e. The zero-order chi connectivity index (χ0) is 23.2. The lowest BCUT2D eigenvalue weighted by Gasteiger charge is -2.30. The summed E-state index contributed by atoms with van der Waals surface area (Å²) >= 11 is 0. The van der Waals surface area contributed by atoms with Gasteiger partial charge in [-0.25, -0.2) is 4.98 Å². The van der Waals surface area contributed by atoms with Gasteiger partial charge in [-0.2, -0.15) is 0 Å². The van der Waals surface area contributed by atoms with Crippen LogP contribution in [0.3, 0.4) is 0 Å². The molecule has 1 saturated heterocycles. The van der Waals surface area contributed by atoms with Crippen molar-refractivity contribution in [1.82, 2.24) is 15.2 Å². The van der Waals surface area contributed by atoms with Crippen LogP contribution >= 0.6 is 0 Å². The van der Waals surface area contributed by atoms with Gasteiger partial charge in [-0.05, 0) is 68.5 Å². The highest BCUT2D eigenvalue weighted by Gasteiger charge is 2.22. The first-order valence-electron chi connectivity index (χ1n) is 11.6. The van der Waals surface area contributed by atoms with Crippen molar-refractivity contribution in [3.63, 3.8) is 0 Å². The first-order chi connectivity index (χ1) is 16.0. The molecule has 8 N–H and O–H groups in total. The van der Waals surface area contributed by atoms with Crippen molar-refractivity contribution in [2.45, 2.75) is 50.8 Å². The highest BCUT2D eigenvalue weighted by atomic mass is 16.5. The van der Waals surface area contributed by atoms with Crippen LogP contribution < -0.4 is 27.3 Å². The Morgan fingerprint density at radius 1 is 1.15 bits per heavy atom. The third-order valence-electron chi connectivity index (χ3n) is 6.26. The minimum atomic E-state index is 0.108. The van der Waals surface area contributed by atoms with E-state index < -0.39 is 0 Å². The maximum atomic E-state index is 10.2. The molecule has 176 valence electrons. The Labute approximate surface area is 195 Å². The molecule has 0 amide bonds. The second-order valence-electron chi connectivity index (χ2n) is 8.80. The monoisotopic (exact) mass is 450 g/mol. The van der Waals surface area contributed by atoms with Crippen LogP contribution in [-0.2, 0) is 6.54 Å². The molecule has 8 nitrogen and oxygen atoms in total. The van der Waals surface area contributed by atoms with E-state index in [1.807, 2.05) is 18.2 Å². The summed E-state index contributed by atoms with van der Waals surface area (Å²) < 4.78 is 5.99. The van der Waals surface area contributed by atoms with Gasteiger partial charge in [0, 0.05) is 42.7 Å². The summed E-state index contributed by atoms with van der Waals surface area (Å²) in [6.07, 6.45) is 9.38. The molecular weight excluding hydrogens is 416 g/mol. The number of phenols is 1. The van der Waals surface area contributed by atoms with Gasteiger partial charge >= 0.3 is 0 Å². The Kier molecular flexibility index (Phi) is 7.24. The minimum Gasteiger partial charge on any atom is -0.507 e. The minimum absolute atomic E-state index is 0.108. The summed E-state index contributed by atoms with van der Waals surface area (Å²) in [4.78, 5) is 6.51. The fourth-order valence-corrected chi connectivity index (χ4v) is 4.22. The fraction of sp³-hybridized carbons (Fsp3) is 0.400. The van der Waals surface area contributed by atoms with Crippen molar-refractivity contribution < 1.29 is 9.84 Å². The van der Waals surface area contributed by atoms with E-state index in [-0.39, 0.29) is 17.7 Å². The zero-order valence-electron chi connectivity index (χ0n) is 18.9. The average Bonchev–Trinajstić information content (AvgIpc) is 3.27. The Balaban J connectivity index is 1.60. The van der Waals surface area contributed by atoms with E-state index in [0.29, 0.717) is 35.4 Å². The molecule has 0 spiro atoms.